The number of amides is 1. The van der Waals surface area contributed by atoms with Crippen LogP contribution in [0.3, 0.4) is 0 Å². The number of nitrogens with zero attached hydrogens (tertiary/aromatic N) is 2. The molecule has 1 aromatic carbocycles. The first-order valence-corrected chi connectivity index (χ1v) is 6.47. The smallest absolute Gasteiger partial charge is 0.340 e. The van der Waals surface area contributed by atoms with Gasteiger partial charge in [-0.2, -0.15) is 0 Å². The SMILES string of the molecule is CCOC(=O)c1c(C)n(C(=O)N(C)C)c2ccccc12. The minimum absolute atomic E-state index is 0.186. The summed E-state index contributed by atoms with van der Waals surface area (Å²) < 4.78 is 6.64. The van der Waals surface area contributed by atoms with E-state index < -0.39 is 5.97 Å². The third-order valence-corrected chi connectivity index (χ3v) is 3.16. The molecule has 20 heavy (non-hydrogen) atoms. The molecule has 0 bridgehead atoms. The van der Waals surface area contributed by atoms with Crippen molar-refractivity contribution in [3.63, 3.8) is 0 Å². The van der Waals surface area contributed by atoms with Crippen molar-refractivity contribution in [1.29, 1.82) is 0 Å². The van der Waals surface area contributed by atoms with E-state index in [9.17, 15) is 9.59 Å². The Balaban J connectivity index is 2.74. The van der Waals surface area contributed by atoms with Crippen molar-refractivity contribution in [2.75, 3.05) is 20.7 Å². The summed E-state index contributed by atoms with van der Waals surface area (Å²) in [6.45, 7) is 3.82. The summed E-state index contributed by atoms with van der Waals surface area (Å²) in [7, 11) is 3.36. The zero-order valence-corrected chi connectivity index (χ0v) is 12.1. The molecule has 0 atom stereocenters. The van der Waals surface area contributed by atoms with Crippen LogP contribution in [0.15, 0.2) is 24.3 Å². The summed E-state index contributed by atoms with van der Waals surface area (Å²) in [5, 5.41) is 0.735. The molecule has 0 aliphatic heterocycles. The predicted octanol–water partition coefficient (Wildman–Crippen LogP) is 2.66. The zero-order valence-electron chi connectivity index (χ0n) is 12.1. The highest BCUT2D eigenvalue weighted by Gasteiger charge is 2.24. The highest BCUT2D eigenvalue weighted by molar-refractivity contribution is 6.08. The van der Waals surface area contributed by atoms with Gasteiger partial charge in [0.15, 0.2) is 0 Å². The van der Waals surface area contributed by atoms with E-state index in [4.69, 9.17) is 4.74 Å². The second-order valence-electron chi connectivity index (χ2n) is 4.71. The molecule has 0 unspecified atom stereocenters. The number of hydrogen-bond donors (Lipinski definition) is 0. The van der Waals surface area contributed by atoms with Gasteiger partial charge in [-0.25, -0.2) is 9.59 Å². The van der Waals surface area contributed by atoms with Crippen LogP contribution < -0.4 is 0 Å². The molecular formula is C15H18N2O3. The van der Waals surface area contributed by atoms with Crippen molar-refractivity contribution in [3.8, 4) is 0 Å². The molecule has 0 spiro atoms. The van der Waals surface area contributed by atoms with Crippen LogP contribution in [-0.2, 0) is 4.74 Å². The van der Waals surface area contributed by atoms with Gasteiger partial charge in [0.1, 0.15) is 0 Å². The lowest BCUT2D eigenvalue weighted by Crippen LogP contribution is -2.28. The molecule has 0 aliphatic carbocycles. The first-order valence-electron chi connectivity index (χ1n) is 6.47. The van der Waals surface area contributed by atoms with Crippen LogP contribution in [0.5, 0.6) is 0 Å². The summed E-state index contributed by atoms with van der Waals surface area (Å²) in [5.41, 5.74) is 1.77. The quantitative estimate of drug-likeness (QED) is 0.791. The highest BCUT2D eigenvalue weighted by Crippen LogP contribution is 2.26. The van der Waals surface area contributed by atoms with Gasteiger partial charge in [-0.15, -0.1) is 0 Å². The minimum atomic E-state index is -0.397. The molecular weight excluding hydrogens is 256 g/mol. The molecule has 1 aromatic heterocycles. The van der Waals surface area contributed by atoms with E-state index in [-0.39, 0.29) is 6.03 Å². The fourth-order valence-electron chi connectivity index (χ4n) is 2.27. The lowest BCUT2D eigenvalue weighted by Gasteiger charge is -2.13. The largest absolute Gasteiger partial charge is 0.462 e. The van der Waals surface area contributed by atoms with E-state index in [1.165, 1.54) is 4.90 Å². The Morgan fingerprint density at radius 1 is 1.25 bits per heavy atom. The molecule has 1 amide bonds. The third-order valence-electron chi connectivity index (χ3n) is 3.16. The van der Waals surface area contributed by atoms with Crippen LogP contribution in [0.2, 0.25) is 0 Å². The Labute approximate surface area is 117 Å². The van der Waals surface area contributed by atoms with E-state index >= 15 is 0 Å². The van der Waals surface area contributed by atoms with Crippen LogP contribution in [0.25, 0.3) is 10.9 Å². The molecule has 5 heteroatoms. The predicted molar refractivity (Wildman–Crippen MR) is 77.1 cm³/mol. The van der Waals surface area contributed by atoms with Crippen molar-refractivity contribution in [2.45, 2.75) is 13.8 Å². The molecule has 2 aromatic rings. The Kier molecular flexibility index (Phi) is 3.79. The lowest BCUT2D eigenvalue weighted by molar-refractivity contribution is 0.0527. The van der Waals surface area contributed by atoms with Gasteiger partial charge < -0.3 is 9.64 Å². The number of hydrogen-bond acceptors (Lipinski definition) is 3. The number of carbonyl (C=O) groups is 2. The van der Waals surface area contributed by atoms with Gasteiger partial charge in [0.05, 0.1) is 17.7 Å². The standard InChI is InChI=1S/C15H18N2O3/c1-5-20-14(18)13-10(2)17(15(19)16(3)4)12-9-7-6-8-11(12)13/h6-9H,5H2,1-4H3. The second kappa shape index (κ2) is 5.36. The van der Waals surface area contributed by atoms with Gasteiger partial charge in [-0.05, 0) is 19.9 Å². The topological polar surface area (TPSA) is 51.5 Å². The minimum Gasteiger partial charge on any atom is -0.462 e. The zero-order chi connectivity index (χ0) is 14.9. The number of aromatic nitrogens is 1. The fourth-order valence-corrected chi connectivity index (χ4v) is 2.27. The highest BCUT2D eigenvalue weighted by atomic mass is 16.5. The summed E-state index contributed by atoms with van der Waals surface area (Å²) in [4.78, 5) is 25.9. The average molecular weight is 274 g/mol. The number of rotatable bonds is 2. The summed E-state index contributed by atoms with van der Waals surface area (Å²) in [6.07, 6.45) is 0. The first kappa shape index (κ1) is 14.1. The Morgan fingerprint density at radius 2 is 1.90 bits per heavy atom. The molecule has 106 valence electrons. The van der Waals surface area contributed by atoms with Crippen molar-refractivity contribution in [2.24, 2.45) is 0 Å². The number of para-hydroxylation sites is 1. The molecule has 1 heterocycles. The van der Waals surface area contributed by atoms with E-state index in [0.29, 0.717) is 23.4 Å². The van der Waals surface area contributed by atoms with Crippen molar-refractivity contribution >= 4 is 22.9 Å². The van der Waals surface area contributed by atoms with Gasteiger partial charge in [0.2, 0.25) is 0 Å². The van der Waals surface area contributed by atoms with Crippen molar-refractivity contribution in [3.05, 3.63) is 35.5 Å². The van der Waals surface area contributed by atoms with Gasteiger partial charge in [0, 0.05) is 25.2 Å². The molecule has 0 saturated heterocycles. The number of fused-ring (bicyclic) bond motifs is 1. The number of esters is 1. The van der Waals surface area contributed by atoms with Gasteiger partial charge in [-0.1, -0.05) is 18.2 Å². The van der Waals surface area contributed by atoms with E-state index in [1.54, 1.807) is 32.5 Å². The average Bonchev–Trinajstić information content (AvgIpc) is 2.70. The van der Waals surface area contributed by atoms with Gasteiger partial charge in [-0.3, -0.25) is 4.57 Å². The van der Waals surface area contributed by atoms with E-state index in [1.807, 2.05) is 24.3 Å². The van der Waals surface area contributed by atoms with Gasteiger partial charge in [0.25, 0.3) is 0 Å². The van der Waals surface area contributed by atoms with Crippen LogP contribution in [-0.4, -0.2) is 42.2 Å². The molecule has 0 N–H and O–H groups in total. The van der Waals surface area contributed by atoms with E-state index in [2.05, 4.69) is 0 Å². The molecule has 5 nitrogen and oxygen atoms in total. The third kappa shape index (κ3) is 2.15. The molecule has 2 rings (SSSR count). The van der Waals surface area contributed by atoms with E-state index in [0.717, 1.165) is 5.39 Å². The monoisotopic (exact) mass is 274 g/mol. The Bertz CT molecular complexity index is 671. The summed E-state index contributed by atoms with van der Waals surface area (Å²) in [6, 6.07) is 7.15. The van der Waals surface area contributed by atoms with Crippen LogP contribution in [0.4, 0.5) is 4.79 Å². The molecule has 0 fully saturated rings. The Morgan fingerprint density at radius 3 is 2.50 bits per heavy atom. The fraction of sp³-hybridized carbons (Fsp3) is 0.333. The number of carbonyl (C=O) groups excluding carboxylic acids is 2. The Hall–Kier alpha value is -2.30. The first-order chi connectivity index (χ1) is 9.49. The number of ether oxygens (including phenoxy) is 1. The maximum atomic E-state index is 12.3. The van der Waals surface area contributed by atoms with Crippen molar-refractivity contribution < 1.29 is 14.3 Å². The number of benzene rings is 1. The molecule has 0 aliphatic rings. The van der Waals surface area contributed by atoms with Crippen LogP contribution >= 0.6 is 0 Å². The second-order valence-corrected chi connectivity index (χ2v) is 4.71. The normalized spacial score (nSPS) is 10.6. The maximum absolute atomic E-state index is 12.3. The maximum Gasteiger partial charge on any atom is 0.340 e. The van der Waals surface area contributed by atoms with Crippen molar-refractivity contribution in [1.82, 2.24) is 9.47 Å². The molecule has 0 saturated carbocycles. The lowest BCUT2D eigenvalue weighted by atomic mass is 10.1. The van der Waals surface area contributed by atoms with Crippen LogP contribution in [0.1, 0.15) is 23.0 Å². The summed E-state index contributed by atoms with van der Waals surface area (Å²) in [5.74, 6) is -0.397. The van der Waals surface area contributed by atoms with Crippen LogP contribution in [0, 0.1) is 6.92 Å². The molecule has 0 radical (unpaired) electrons. The van der Waals surface area contributed by atoms with Gasteiger partial charge >= 0.3 is 12.0 Å². The summed E-state index contributed by atoms with van der Waals surface area (Å²) >= 11 is 0.